The van der Waals surface area contributed by atoms with Crippen molar-refractivity contribution in [1.29, 1.82) is 0 Å². The summed E-state index contributed by atoms with van der Waals surface area (Å²) in [6.07, 6.45) is 4.72. The van der Waals surface area contributed by atoms with Crippen LogP contribution in [0.25, 0.3) is 0 Å². The predicted octanol–water partition coefficient (Wildman–Crippen LogP) is 5.42. The van der Waals surface area contributed by atoms with Gasteiger partial charge in [-0.05, 0) is 52.8 Å². The Kier molecular flexibility index (Phi) is 6.16. The highest BCUT2D eigenvalue weighted by Crippen LogP contribution is 2.45. The summed E-state index contributed by atoms with van der Waals surface area (Å²) in [5.41, 5.74) is 0.958. The van der Waals surface area contributed by atoms with Crippen molar-refractivity contribution in [3.05, 3.63) is 63.6 Å². The van der Waals surface area contributed by atoms with Crippen molar-refractivity contribution in [2.75, 3.05) is 0 Å². The first-order valence-electron chi connectivity index (χ1n) is 10.4. The van der Waals surface area contributed by atoms with Gasteiger partial charge in [0, 0.05) is 23.1 Å². The molecule has 2 N–H and O–H groups in total. The van der Waals surface area contributed by atoms with Gasteiger partial charge in [-0.1, -0.05) is 32.1 Å². The van der Waals surface area contributed by atoms with Crippen molar-refractivity contribution in [1.82, 2.24) is 0 Å². The number of halogens is 2. The monoisotopic (exact) mass is 464 g/mol. The molecule has 0 spiro atoms. The molecule has 4 rings (SSSR count). The molecule has 1 fully saturated rings. The Morgan fingerprint density at radius 1 is 1.39 bits per heavy atom. The maximum Gasteiger partial charge on any atom is 0.338 e. The van der Waals surface area contributed by atoms with E-state index in [0.717, 1.165) is 12.0 Å². The fourth-order valence-electron chi connectivity index (χ4n) is 4.68. The zero-order valence-corrected chi connectivity index (χ0v) is 19.0. The van der Waals surface area contributed by atoms with Gasteiger partial charge in [0.1, 0.15) is 6.10 Å². The van der Waals surface area contributed by atoms with Crippen molar-refractivity contribution in [2.24, 2.45) is 11.8 Å². The van der Waals surface area contributed by atoms with Crippen LogP contribution >= 0.6 is 22.9 Å². The minimum atomic E-state index is -1.31. The number of fused-ring (bicyclic) bond motifs is 2. The Morgan fingerprint density at radius 2 is 2.16 bits per heavy atom. The molecule has 2 aliphatic rings. The number of benzene rings is 1. The molecule has 7 heteroatoms. The Balaban J connectivity index is 1.54. The SMILES string of the molecule is CC(C)(c1ccsc1)C(O)/C=C/[C@@H]1[C@H]2CCc3ccc(C(=O)O)c(F)c3O[C@H]2C[C@H]1Cl. The van der Waals surface area contributed by atoms with Gasteiger partial charge in [-0.2, -0.15) is 11.3 Å². The van der Waals surface area contributed by atoms with Gasteiger partial charge >= 0.3 is 5.97 Å². The van der Waals surface area contributed by atoms with E-state index in [0.29, 0.717) is 18.4 Å². The second kappa shape index (κ2) is 8.57. The largest absolute Gasteiger partial charge is 0.487 e. The van der Waals surface area contributed by atoms with Crippen LogP contribution in [0, 0.1) is 17.7 Å². The summed E-state index contributed by atoms with van der Waals surface area (Å²) in [4.78, 5) is 11.3. The van der Waals surface area contributed by atoms with Gasteiger partial charge in [0.15, 0.2) is 11.6 Å². The van der Waals surface area contributed by atoms with Crippen LogP contribution < -0.4 is 4.74 Å². The molecular weight excluding hydrogens is 439 g/mol. The number of aromatic carboxylic acids is 1. The average Bonchev–Trinajstić information content (AvgIpc) is 3.31. The zero-order valence-electron chi connectivity index (χ0n) is 17.4. The van der Waals surface area contributed by atoms with Crippen LogP contribution in [0.4, 0.5) is 4.39 Å². The molecule has 0 amide bonds. The first-order valence-corrected chi connectivity index (χ1v) is 11.8. The van der Waals surface area contributed by atoms with Crippen LogP contribution in [0.15, 0.2) is 41.1 Å². The van der Waals surface area contributed by atoms with Crippen LogP contribution in [-0.4, -0.2) is 33.8 Å². The standard InChI is InChI=1S/C24H26ClFO4S/c1-24(2,14-9-10-31-12-14)20(27)8-7-15-16-5-3-13-4-6-17(23(28)29)21(26)22(13)30-19(16)11-18(15)25/h4,6-10,12,15-16,18-20,27H,3,5,11H2,1-2H3,(H,28,29)/b8-7+/t15-,16-,18-,19+,20?/m1/s1. The summed E-state index contributed by atoms with van der Waals surface area (Å²) in [6.45, 7) is 4.02. The molecule has 166 valence electrons. The van der Waals surface area contributed by atoms with E-state index in [1.807, 2.05) is 42.8 Å². The third kappa shape index (κ3) is 4.13. The molecular formula is C24H26ClFO4S. The molecule has 5 atom stereocenters. The summed E-state index contributed by atoms with van der Waals surface area (Å²) in [5, 5.41) is 23.9. The molecule has 1 aliphatic carbocycles. The van der Waals surface area contributed by atoms with E-state index in [2.05, 4.69) is 0 Å². The molecule has 1 saturated carbocycles. The molecule has 0 saturated heterocycles. The van der Waals surface area contributed by atoms with E-state index < -0.39 is 23.3 Å². The summed E-state index contributed by atoms with van der Waals surface area (Å²) >= 11 is 8.26. The maximum atomic E-state index is 14.8. The van der Waals surface area contributed by atoms with E-state index in [4.69, 9.17) is 16.3 Å². The molecule has 31 heavy (non-hydrogen) atoms. The fourth-order valence-corrected chi connectivity index (χ4v) is 5.96. The molecule has 2 heterocycles. The number of thiophene rings is 1. The van der Waals surface area contributed by atoms with E-state index in [1.54, 1.807) is 17.4 Å². The lowest BCUT2D eigenvalue weighted by molar-refractivity contribution is 0.0689. The number of hydrogen-bond acceptors (Lipinski definition) is 4. The maximum absolute atomic E-state index is 14.8. The Hall–Kier alpha value is -1.89. The van der Waals surface area contributed by atoms with Crippen molar-refractivity contribution in [2.45, 2.75) is 56.1 Å². The normalized spacial score (nSPS) is 26.7. The number of rotatable bonds is 5. The molecule has 4 nitrogen and oxygen atoms in total. The molecule has 1 aromatic carbocycles. The molecule has 0 radical (unpaired) electrons. The van der Waals surface area contributed by atoms with Crippen molar-refractivity contribution in [3.8, 4) is 5.75 Å². The molecule has 1 unspecified atom stereocenters. The lowest BCUT2D eigenvalue weighted by Crippen LogP contribution is -2.32. The highest BCUT2D eigenvalue weighted by molar-refractivity contribution is 7.08. The molecule has 2 aromatic rings. The smallest absolute Gasteiger partial charge is 0.338 e. The predicted molar refractivity (Wildman–Crippen MR) is 120 cm³/mol. The van der Waals surface area contributed by atoms with Crippen molar-refractivity contribution >= 4 is 28.9 Å². The first kappa shape index (κ1) is 22.3. The van der Waals surface area contributed by atoms with Crippen LogP contribution in [0.2, 0.25) is 0 Å². The van der Waals surface area contributed by atoms with Crippen LogP contribution in [-0.2, 0) is 11.8 Å². The molecule has 1 aromatic heterocycles. The Morgan fingerprint density at radius 3 is 2.84 bits per heavy atom. The second-order valence-electron chi connectivity index (χ2n) is 8.97. The number of alkyl halides is 1. The van der Waals surface area contributed by atoms with Crippen molar-refractivity contribution < 1.29 is 24.1 Å². The van der Waals surface area contributed by atoms with Gasteiger partial charge in [-0.15, -0.1) is 11.6 Å². The second-order valence-corrected chi connectivity index (χ2v) is 10.3. The number of ether oxygens (including phenoxy) is 1. The molecule has 0 bridgehead atoms. The van der Waals surface area contributed by atoms with E-state index in [9.17, 15) is 19.4 Å². The van der Waals surface area contributed by atoms with E-state index in [1.165, 1.54) is 6.07 Å². The van der Waals surface area contributed by atoms with Gasteiger partial charge in [0.25, 0.3) is 0 Å². The van der Waals surface area contributed by atoms with Crippen LogP contribution in [0.5, 0.6) is 5.75 Å². The summed E-state index contributed by atoms with van der Waals surface area (Å²) < 4.78 is 20.8. The number of aliphatic hydroxyl groups excluding tert-OH is 1. The topological polar surface area (TPSA) is 66.8 Å². The molecule has 1 aliphatic heterocycles. The zero-order chi connectivity index (χ0) is 22.3. The lowest BCUT2D eigenvalue weighted by atomic mass is 9.80. The summed E-state index contributed by atoms with van der Waals surface area (Å²) in [7, 11) is 0. The Labute approximate surface area is 190 Å². The number of carboxylic acid groups (broad SMARTS) is 1. The number of carboxylic acids is 1. The highest BCUT2D eigenvalue weighted by atomic mass is 35.5. The van der Waals surface area contributed by atoms with Crippen LogP contribution in [0.3, 0.4) is 0 Å². The van der Waals surface area contributed by atoms with Gasteiger partial charge in [-0.3, -0.25) is 0 Å². The van der Waals surface area contributed by atoms with Gasteiger partial charge in [0.05, 0.1) is 11.7 Å². The number of aliphatic hydroxyl groups is 1. The summed E-state index contributed by atoms with van der Waals surface area (Å²) in [5.74, 6) is -2.04. The summed E-state index contributed by atoms with van der Waals surface area (Å²) in [6, 6.07) is 4.96. The number of allylic oxidation sites excluding steroid dienone is 1. The minimum Gasteiger partial charge on any atom is -0.487 e. The quantitative estimate of drug-likeness (QED) is 0.458. The highest BCUT2D eigenvalue weighted by Gasteiger charge is 2.44. The minimum absolute atomic E-state index is 0.0177. The van der Waals surface area contributed by atoms with Gasteiger partial charge in [-0.25, -0.2) is 9.18 Å². The fraction of sp³-hybridized carbons (Fsp3) is 0.458. The third-order valence-electron chi connectivity index (χ3n) is 6.79. The number of aryl methyl sites for hydroxylation is 1. The van der Waals surface area contributed by atoms with Gasteiger partial charge in [0.2, 0.25) is 0 Å². The lowest BCUT2D eigenvalue weighted by Gasteiger charge is -2.29. The first-order chi connectivity index (χ1) is 14.7. The number of carbonyl (C=O) groups is 1. The van der Waals surface area contributed by atoms with E-state index in [-0.39, 0.29) is 34.6 Å². The number of hydrogen-bond donors (Lipinski definition) is 2. The van der Waals surface area contributed by atoms with Gasteiger partial charge < -0.3 is 14.9 Å². The van der Waals surface area contributed by atoms with E-state index >= 15 is 0 Å². The van der Waals surface area contributed by atoms with Crippen LogP contribution in [0.1, 0.15) is 48.2 Å². The van der Waals surface area contributed by atoms with Crippen molar-refractivity contribution in [3.63, 3.8) is 0 Å². The average molecular weight is 465 g/mol. The Bertz CT molecular complexity index is 988. The third-order valence-corrected chi connectivity index (χ3v) is 7.94.